The maximum Gasteiger partial charge on any atom is 0.317 e. The second-order valence-electron chi connectivity index (χ2n) is 6.46. The minimum atomic E-state index is -0.467. The van der Waals surface area contributed by atoms with Gasteiger partial charge in [-0.15, -0.1) is 5.10 Å². The highest BCUT2D eigenvalue weighted by Gasteiger charge is 2.20. The van der Waals surface area contributed by atoms with Gasteiger partial charge < -0.3 is 9.26 Å². The highest BCUT2D eigenvalue weighted by molar-refractivity contribution is 6.30. The van der Waals surface area contributed by atoms with Gasteiger partial charge in [0.15, 0.2) is 11.9 Å². The third-order valence-corrected chi connectivity index (χ3v) is 4.54. The third-order valence-electron chi connectivity index (χ3n) is 4.30. The molecular weight excluding hydrogens is 378 g/mol. The van der Waals surface area contributed by atoms with Crippen molar-refractivity contribution in [1.82, 2.24) is 24.9 Å². The average Bonchev–Trinajstić information content (AvgIpc) is 3.31. The van der Waals surface area contributed by atoms with Crippen LogP contribution in [0.4, 0.5) is 0 Å². The summed E-state index contributed by atoms with van der Waals surface area (Å²) >= 11 is 6.02. The predicted octanol–water partition coefficient (Wildman–Crippen LogP) is 4.63. The number of halogens is 1. The van der Waals surface area contributed by atoms with Crippen LogP contribution >= 0.6 is 11.6 Å². The summed E-state index contributed by atoms with van der Waals surface area (Å²) in [7, 11) is 1.85. The molecule has 0 saturated heterocycles. The van der Waals surface area contributed by atoms with Gasteiger partial charge in [0.25, 0.3) is 5.89 Å². The number of aryl methyl sites for hydroxylation is 1. The summed E-state index contributed by atoms with van der Waals surface area (Å²) in [6, 6.07) is 15.7. The standard InChI is InChI=1S/C20H18ClN5O2/c1-12-7-9-14(10-8-12)18-23-24-20(26(18)3)27-13(2)17-22-19(28-25-17)15-5-4-6-16(21)11-15/h4-11,13H,1-3H3. The van der Waals surface area contributed by atoms with Gasteiger partial charge in [0, 0.05) is 23.2 Å². The number of ether oxygens (including phenoxy) is 1. The van der Waals surface area contributed by atoms with Crippen LogP contribution in [-0.2, 0) is 7.05 Å². The van der Waals surface area contributed by atoms with Crippen molar-refractivity contribution in [1.29, 1.82) is 0 Å². The summed E-state index contributed by atoms with van der Waals surface area (Å²) in [5.41, 5.74) is 2.90. The van der Waals surface area contributed by atoms with E-state index in [0.717, 1.165) is 17.0 Å². The molecule has 142 valence electrons. The molecule has 0 amide bonds. The Labute approximate surface area is 166 Å². The van der Waals surface area contributed by atoms with Crippen molar-refractivity contribution in [3.63, 3.8) is 0 Å². The van der Waals surface area contributed by atoms with Gasteiger partial charge in [0.05, 0.1) is 0 Å². The molecule has 2 aromatic carbocycles. The van der Waals surface area contributed by atoms with Crippen LogP contribution in [0.25, 0.3) is 22.8 Å². The minimum absolute atomic E-state index is 0.372. The second-order valence-corrected chi connectivity index (χ2v) is 6.90. The summed E-state index contributed by atoms with van der Waals surface area (Å²) in [5, 5.41) is 13.0. The van der Waals surface area contributed by atoms with Crippen molar-refractivity contribution >= 4 is 11.6 Å². The molecule has 0 fully saturated rings. The summed E-state index contributed by atoms with van der Waals surface area (Å²) in [5.74, 6) is 1.51. The Bertz CT molecular complexity index is 1100. The summed E-state index contributed by atoms with van der Waals surface area (Å²) < 4.78 is 13.0. The fraction of sp³-hybridized carbons (Fsp3) is 0.200. The maximum atomic E-state index is 6.02. The van der Waals surface area contributed by atoms with Crippen LogP contribution in [0.3, 0.4) is 0 Å². The molecule has 1 atom stereocenters. The Morgan fingerprint density at radius 3 is 2.61 bits per heavy atom. The van der Waals surface area contributed by atoms with Crippen LogP contribution in [0, 0.1) is 6.92 Å². The fourth-order valence-corrected chi connectivity index (χ4v) is 2.91. The van der Waals surface area contributed by atoms with E-state index >= 15 is 0 Å². The number of benzene rings is 2. The molecule has 0 radical (unpaired) electrons. The van der Waals surface area contributed by atoms with Crippen LogP contribution in [0.1, 0.15) is 24.4 Å². The molecule has 4 aromatic rings. The van der Waals surface area contributed by atoms with Gasteiger partial charge in [-0.2, -0.15) is 4.98 Å². The predicted molar refractivity (Wildman–Crippen MR) is 105 cm³/mol. The van der Waals surface area contributed by atoms with Crippen LogP contribution in [0.5, 0.6) is 6.01 Å². The Kier molecular flexibility index (Phi) is 4.83. The molecule has 0 N–H and O–H groups in total. The first-order valence-electron chi connectivity index (χ1n) is 8.74. The molecule has 0 saturated carbocycles. The molecule has 0 aliphatic rings. The molecule has 28 heavy (non-hydrogen) atoms. The van der Waals surface area contributed by atoms with Gasteiger partial charge in [-0.05, 0) is 32.0 Å². The largest absolute Gasteiger partial charge is 0.452 e. The van der Waals surface area contributed by atoms with E-state index < -0.39 is 6.10 Å². The molecular formula is C20H18ClN5O2. The summed E-state index contributed by atoms with van der Waals surface area (Å²) in [6.07, 6.45) is -0.467. The van der Waals surface area contributed by atoms with Crippen molar-refractivity contribution in [3.05, 3.63) is 64.9 Å². The molecule has 1 unspecified atom stereocenters. The van der Waals surface area contributed by atoms with Gasteiger partial charge in [-0.3, -0.25) is 4.57 Å². The van der Waals surface area contributed by atoms with Crippen molar-refractivity contribution < 1.29 is 9.26 Å². The fourth-order valence-electron chi connectivity index (χ4n) is 2.72. The number of nitrogens with zero attached hydrogens (tertiary/aromatic N) is 5. The van der Waals surface area contributed by atoms with Crippen molar-refractivity contribution in [3.8, 4) is 28.9 Å². The van der Waals surface area contributed by atoms with E-state index in [-0.39, 0.29) is 0 Å². The number of rotatable bonds is 5. The first-order valence-corrected chi connectivity index (χ1v) is 9.11. The highest BCUT2D eigenvalue weighted by atomic mass is 35.5. The minimum Gasteiger partial charge on any atom is -0.452 e. The molecule has 2 heterocycles. The van der Waals surface area contributed by atoms with Crippen molar-refractivity contribution in [2.45, 2.75) is 20.0 Å². The Hall–Kier alpha value is -3.19. The first kappa shape index (κ1) is 18.2. The lowest BCUT2D eigenvalue weighted by atomic mass is 10.1. The zero-order valence-electron chi connectivity index (χ0n) is 15.6. The number of aromatic nitrogens is 5. The molecule has 0 aliphatic heterocycles. The smallest absolute Gasteiger partial charge is 0.317 e. The quantitative estimate of drug-likeness (QED) is 0.490. The van der Waals surface area contributed by atoms with E-state index in [0.29, 0.717) is 22.7 Å². The van der Waals surface area contributed by atoms with Gasteiger partial charge in [0.1, 0.15) is 0 Å². The van der Waals surface area contributed by atoms with Crippen molar-refractivity contribution in [2.24, 2.45) is 7.05 Å². The molecule has 4 rings (SSSR count). The van der Waals surface area contributed by atoms with E-state index in [1.165, 1.54) is 5.56 Å². The normalized spacial score (nSPS) is 12.1. The highest BCUT2D eigenvalue weighted by Crippen LogP contribution is 2.26. The topological polar surface area (TPSA) is 78.9 Å². The maximum absolute atomic E-state index is 6.02. The lowest BCUT2D eigenvalue weighted by molar-refractivity contribution is 0.186. The van der Waals surface area contributed by atoms with E-state index in [4.69, 9.17) is 20.9 Å². The first-order chi connectivity index (χ1) is 13.5. The Morgan fingerprint density at radius 2 is 1.86 bits per heavy atom. The zero-order chi connectivity index (χ0) is 19.7. The van der Waals surface area contributed by atoms with E-state index in [1.807, 2.05) is 57.3 Å². The number of hydrogen-bond donors (Lipinski definition) is 0. The van der Waals surface area contributed by atoms with Gasteiger partial charge in [-0.1, -0.05) is 57.8 Å². The lowest BCUT2D eigenvalue weighted by Gasteiger charge is -2.10. The third kappa shape index (κ3) is 3.61. The van der Waals surface area contributed by atoms with Crippen molar-refractivity contribution in [2.75, 3.05) is 0 Å². The molecule has 0 spiro atoms. The van der Waals surface area contributed by atoms with Gasteiger partial charge in [0.2, 0.25) is 5.82 Å². The molecule has 8 heteroatoms. The summed E-state index contributed by atoms with van der Waals surface area (Å²) in [4.78, 5) is 4.40. The Morgan fingerprint density at radius 1 is 1.07 bits per heavy atom. The zero-order valence-corrected chi connectivity index (χ0v) is 16.4. The van der Waals surface area contributed by atoms with Crippen LogP contribution in [-0.4, -0.2) is 24.9 Å². The van der Waals surface area contributed by atoms with Crippen LogP contribution < -0.4 is 4.74 Å². The summed E-state index contributed by atoms with van der Waals surface area (Å²) in [6.45, 7) is 3.87. The van der Waals surface area contributed by atoms with Crippen LogP contribution in [0.15, 0.2) is 53.1 Å². The lowest BCUT2D eigenvalue weighted by Crippen LogP contribution is -2.08. The molecule has 0 aliphatic carbocycles. The van der Waals surface area contributed by atoms with Gasteiger partial charge in [-0.25, -0.2) is 0 Å². The average molecular weight is 396 g/mol. The van der Waals surface area contributed by atoms with Crippen LogP contribution in [0.2, 0.25) is 5.02 Å². The Balaban J connectivity index is 1.53. The van der Waals surface area contributed by atoms with Gasteiger partial charge >= 0.3 is 6.01 Å². The second kappa shape index (κ2) is 7.44. The molecule has 2 aromatic heterocycles. The number of hydrogen-bond acceptors (Lipinski definition) is 6. The molecule has 7 nitrogen and oxygen atoms in total. The SMILES string of the molecule is Cc1ccc(-c2nnc(OC(C)c3noc(-c4cccc(Cl)c4)n3)n2C)cc1. The monoisotopic (exact) mass is 395 g/mol. The van der Waals surface area contributed by atoms with E-state index in [1.54, 1.807) is 16.7 Å². The van der Waals surface area contributed by atoms with E-state index in [9.17, 15) is 0 Å². The van der Waals surface area contributed by atoms with E-state index in [2.05, 4.69) is 20.3 Å². The molecule has 0 bridgehead atoms.